The molecule has 0 saturated carbocycles. The molecule has 31 heavy (non-hydrogen) atoms. The van der Waals surface area contributed by atoms with Gasteiger partial charge in [0, 0.05) is 6.54 Å². The van der Waals surface area contributed by atoms with Gasteiger partial charge in [0.1, 0.15) is 5.75 Å². The number of ether oxygens (including phenoxy) is 1. The maximum absolute atomic E-state index is 13.7. The standard InChI is InChI=1S/C26H28N2O3/c1-3-18-28(19-24(29)27-22-16-10-11-17-23(22)31-2)26(30)25(20-12-6-4-7-13-20)21-14-8-5-9-15-21/h4-17,25H,3,18-19H2,1-2H3,(H,27,29). The Morgan fingerprint density at radius 1 is 0.871 bits per heavy atom. The summed E-state index contributed by atoms with van der Waals surface area (Å²) in [6.07, 6.45) is 0.754. The molecule has 3 rings (SSSR count). The van der Waals surface area contributed by atoms with Gasteiger partial charge in [-0.2, -0.15) is 0 Å². The molecule has 0 spiro atoms. The van der Waals surface area contributed by atoms with Crippen molar-refractivity contribution in [3.63, 3.8) is 0 Å². The zero-order valence-electron chi connectivity index (χ0n) is 18.0. The first-order chi connectivity index (χ1) is 15.1. The average Bonchev–Trinajstić information content (AvgIpc) is 2.80. The molecule has 0 aromatic heterocycles. The molecule has 0 atom stereocenters. The Bertz CT molecular complexity index is 950. The van der Waals surface area contributed by atoms with Crippen LogP contribution in [0.4, 0.5) is 5.69 Å². The largest absolute Gasteiger partial charge is 0.495 e. The van der Waals surface area contributed by atoms with E-state index in [1.807, 2.05) is 79.7 Å². The quantitative estimate of drug-likeness (QED) is 0.550. The van der Waals surface area contributed by atoms with Gasteiger partial charge in [-0.25, -0.2) is 0 Å². The number of carbonyl (C=O) groups is 2. The number of nitrogens with zero attached hydrogens (tertiary/aromatic N) is 1. The lowest BCUT2D eigenvalue weighted by Crippen LogP contribution is -2.41. The Morgan fingerprint density at radius 3 is 1.97 bits per heavy atom. The van der Waals surface area contributed by atoms with Gasteiger partial charge >= 0.3 is 0 Å². The Balaban J connectivity index is 1.84. The smallest absolute Gasteiger partial charge is 0.244 e. The number of nitrogens with one attached hydrogen (secondary N) is 1. The van der Waals surface area contributed by atoms with Crippen LogP contribution < -0.4 is 10.1 Å². The van der Waals surface area contributed by atoms with Crippen molar-refractivity contribution < 1.29 is 14.3 Å². The molecule has 0 unspecified atom stereocenters. The van der Waals surface area contributed by atoms with Crippen molar-refractivity contribution in [3.8, 4) is 5.75 Å². The van der Waals surface area contributed by atoms with Gasteiger partial charge in [-0.1, -0.05) is 79.7 Å². The van der Waals surface area contributed by atoms with Gasteiger partial charge in [0.2, 0.25) is 11.8 Å². The molecule has 0 bridgehead atoms. The van der Waals surface area contributed by atoms with E-state index in [0.717, 1.165) is 17.5 Å². The maximum Gasteiger partial charge on any atom is 0.244 e. The molecule has 5 heteroatoms. The van der Waals surface area contributed by atoms with Crippen LogP contribution in [0.1, 0.15) is 30.4 Å². The minimum absolute atomic E-state index is 0.0269. The third kappa shape index (κ3) is 5.72. The van der Waals surface area contributed by atoms with Crippen LogP contribution in [-0.2, 0) is 9.59 Å². The molecule has 0 fully saturated rings. The normalized spacial score (nSPS) is 10.5. The third-order valence-electron chi connectivity index (χ3n) is 5.03. The number of para-hydroxylation sites is 2. The van der Waals surface area contributed by atoms with Gasteiger partial charge in [-0.05, 0) is 29.7 Å². The summed E-state index contributed by atoms with van der Waals surface area (Å²) in [5, 5.41) is 2.87. The van der Waals surface area contributed by atoms with E-state index in [1.54, 1.807) is 24.1 Å². The fourth-order valence-electron chi connectivity index (χ4n) is 3.60. The number of rotatable bonds is 9. The van der Waals surface area contributed by atoms with Crippen LogP contribution in [0.25, 0.3) is 0 Å². The van der Waals surface area contributed by atoms with E-state index in [9.17, 15) is 9.59 Å². The van der Waals surface area contributed by atoms with Crippen LogP contribution in [0.15, 0.2) is 84.9 Å². The molecule has 0 saturated heterocycles. The molecule has 160 valence electrons. The highest BCUT2D eigenvalue weighted by Crippen LogP contribution is 2.27. The highest BCUT2D eigenvalue weighted by Gasteiger charge is 2.28. The Labute approximate surface area is 183 Å². The molecule has 2 amide bonds. The number of benzene rings is 3. The first-order valence-electron chi connectivity index (χ1n) is 10.5. The minimum Gasteiger partial charge on any atom is -0.495 e. The fourth-order valence-corrected chi connectivity index (χ4v) is 3.60. The summed E-state index contributed by atoms with van der Waals surface area (Å²) >= 11 is 0. The Morgan fingerprint density at radius 2 is 1.42 bits per heavy atom. The summed E-state index contributed by atoms with van der Waals surface area (Å²) in [7, 11) is 1.56. The highest BCUT2D eigenvalue weighted by atomic mass is 16.5. The molecule has 3 aromatic rings. The molecule has 0 aliphatic heterocycles. The number of anilines is 1. The number of methoxy groups -OCH3 is 1. The number of carbonyl (C=O) groups excluding carboxylic acids is 2. The predicted molar refractivity (Wildman–Crippen MR) is 123 cm³/mol. The molecule has 5 nitrogen and oxygen atoms in total. The topological polar surface area (TPSA) is 58.6 Å². The lowest BCUT2D eigenvalue weighted by molar-refractivity contribution is -0.135. The Hall–Kier alpha value is -3.60. The van der Waals surface area contributed by atoms with E-state index in [-0.39, 0.29) is 18.4 Å². The molecular weight excluding hydrogens is 388 g/mol. The average molecular weight is 417 g/mol. The second-order valence-electron chi connectivity index (χ2n) is 7.26. The maximum atomic E-state index is 13.7. The second kappa shape index (κ2) is 11.0. The zero-order chi connectivity index (χ0) is 22.1. The molecule has 0 heterocycles. The Kier molecular flexibility index (Phi) is 7.82. The summed E-state index contributed by atoms with van der Waals surface area (Å²) < 4.78 is 5.30. The summed E-state index contributed by atoms with van der Waals surface area (Å²) in [6, 6.07) is 26.6. The van der Waals surface area contributed by atoms with E-state index < -0.39 is 5.92 Å². The summed E-state index contributed by atoms with van der Waals surface area (Å²) in [5.74, 6) is -0.232. The van der Waals surface area contributed by atoms with Crippen LogP contribution >= 0.6 is 0 Å². The molecular formula is C26H28N2O3. The summed E-state index contributed by atoms with van der Waals surface area (Å²) in [5.41, 5.74) is 2.40. The number of amides is 2. The minimum atomic E-state index is -0.465. The van der Waals surface area contributed by atoms with Crippen LogP contribution in [0.5, 0.6) is 5.75 Å². The summed E-state index contributed by atoms with van der Waals surface area (Å²) in [6.45, 7) is 2.47. The van der Waals surface area contributed by atoms with Gasteiger partial charge in [0.25, 0.3) is 0 Å². The van der Waals surface area contributed by atoms with Gasteiger partial charge in [-0.15, -0.1) is 0 Å². The van der Waals surface area contributed by atoms with Gasteiger partial charge < -0.3 is 15.0 Å². The van der Waals surface area contributed by atoms with Crippen molar-refractivity contribution in [2.45, 2.75) is 19.3 Å². The number of hydrogen-bond donors (Lipinski definition) is 1. The monoisotopic (exact) mass is 416 g/mol. The third-order valence-corrected chi connectivity index (χ3v) is 5.03. The van der Waals surface area contributed by atoms with Crippen LogP contribution in [-0.4, -0.2) is 36.9 Å². The van der Waals surface area contributed by atoms with Crippen molar-refractivity contribution in [2.75, 3.05) is 25.5 Å². The lowest BCUT2D eigenvalue weighted by Gasteiger charge is -2.27. The van der Waals surface area contributed by atoms with E-state index in [0.29, 0.717) is 18.0 Å². The number of hydrogen-bond acceptors (Lipinski definition) is 3. The van der Waals surface area contributed by atoms with Crippen LogP contribution in [0.2, 0.25) is 0 Å². The molecule has 1 N–H and O–H groups in total. The van der Waals surface area contributed by atoms with Crippen molar-refractivity contribution in [1.29, 1.82) is 0 Å². The van der Waals surface area contributed by atoms with Gasteiger partial charge in [0.15, 0.2) is 0 Å². The second-order valence-corrected chi connectivity index (χ2v) is 7.26. The predicted octanol–water partition coefficient (Wildman–Crippen LogP) is 4.70. The first-order valence-corrected chi connectivity index (χ1v) is 10.5. The van der Waals surface area contributed by atoms with Crippen LogP contribution in [0, 0.1) is 0 Å². The van der Waals surface area contributed by atoms with Gasteiger partial charge in [-0.3, -0.25) is 9.59 Å². The molecule has 0 aliphatic carbocycles. The van der Waals surface area contributed by atoms with Crippen LogP contribution in [0.3, 0.4) is 0 Å². The van der Waals surface area contributed by atoms with E-state index >= 15 is 0 Å². The van der Waals surface area contributed by atoms with Crippen molar-refractivity contribution in [3.05, 3.63) is 96.1 Å². The lowest BCUT2D eigenvalue weighted by atomic mass is 9.90. The van der Waals surface area contributed by atoms with Crippen molar-refractivity contribution >= 4 is 17.5 Å². The molecule has 0 radical (unpaired) electrons. The first kappa shape index (κ1) is 22.1. The van der Waals surface area contributed by atoms with E-state index in [1.165, 1.54) is 0 Å². The van der Waals surface area contributed by atoms with Crippen molar-refractivity contribution in [2.24, 2.45) is 0 Å². The van der Waals surface area contributed by atoms with E-state index in [4.69, 9.17) is 4.74 Å². The SMILES string of the molecule is CCCN(CC(=O)Nc1ccccc1OC)C(=O)C(c1ccccc1)c1ccccc1. The summed E-state index contributed by atoms with van der Waals surface area (Å²) in [4.78, 5) is 28.1. The van der Waals surface area contributed by atoms with E-state index in [2.05, 4.69) is 5.32 Å². The van der Waals surface area contributed by atoms with Crippen molar-refractivity contribution in [1.82, 2.24) is 4.90 Å². The zero-order valence-corrected chi connectivity index (χ0v) is 18.0. The molecule has 0 aliphatic rings. The van der Waals surface area contributed by atoms with Gasteiger partial charge in [0.05, 0.1) is 25.3 Å². The highest BCUT2D eigenvalue weighted by molar-refractivity contribution is 5.97. The fraction of sp³-hybridized carbons (Fsp3) is 0.231. The molecule has 3 aromatic carbocycles.